The third-order valence-corrected chi connectivity index (χ3v) is 8.04. The Balaban J connectivity index is 1.37. The summed E-state index contributed by atoms with van der Waals surface area (Å²) in [5.74, 6) is 0.672. The van der Waals surface area contributed by atoms with Gasteiger partial charge in [0.15, 0.2) is 5.82 Å². The molecule has 38 heavy (non-hydrogen) atoms. The lowest BCUT2D eigenvalue weighted by molar-refractivity contribution is 0.0906. The Bertz CT molecular complexity index is 1500. The zero-order valence-corrected chi connectivity index (χ0v) is 22.5. The average Bonchev–Trinajstić information content (AvgIpc) is 3.60. The standard InChI is InChI=1S/C28H32ClN7O2/c1-18-8-9-21(29)16-24(18)34-10-12-35(13-11-34)26(27-31-32-33-36(27)17-22-7-4-14-38-22)23-15-20-6-3-5-19(2)25(20)30-28(23)37/h3,5-6,8-9,15-16,22,26H,4,7,10-14,17H2,1-2H3,(H,30,37). The molecule has 0 radical (unpaired) electrons. The summed E-state index contributed by atoms with van der Waals surface area (Å²) in [6, 6.07) is 13.7. The van der Waals surface area contributed by atoms with E-state index >= 15 is 0 Å². The van der Waals surface area contributed by atoms with E-state index in [0.29, 0.717) is 17.9 Å². The summed E-state index contributed by atoms with van der Waals surface area (Å²) in [5, 5.41) is 14.6. The first-order valence-electron chi connectivity index (χ1n) is 13.2. The lowest BCUT2D eigenvalue weighted by Crippen LogP contribution is -2.49. The van der Waals surface area contributed by atoms with Crippen LogP contribution in [0.3, 0.4) is 0 Å². The topological polar surface area (TPSA) is 92.2 Å². The van der Waals surface area contributed by atoms with Gasteiger partial charge >= 0.3 is 0 Å². The van der Waals surface area contributed by atoms with Crippen LogP contribution < -0.4 is 10.5 Å². The van der Waals surface area contributed by atoms with Gasteiger partial charge in [-0.3, -0.25) is 9.69 Å². The minimum atomic E-state index is -0.386. The average molecular weight is 534 g/mol. The fourth-order valence-corrected chi connectivity index (χ4v) is 5.93. The second-order valence-corrected chi connectivity index (χ2v) is 10.7. The van der Waals surface area contributed by atoms with E-state index in [1.807, 2.05) is 48.0 Å². The van der Waals surface area contributed by atoms with Gasteiger partial charge in [-0.2, -0.15) is 0 Å². The molecule has 0 bridgehead atoms. The predicted molar refractivity (Wildman–Crippen MR) is 148 cm³/mol. The number of halogens is 1. The number of rotatable bonds is 6. The van der Waals surface area contributed by atoms with Crippen LogP contribution in [0, 0.1) is 13.8 Å². The van der Waals surface area contributed by atoms with Crippen LogP contribution in [-0.4, -0.2) is 69.0 Å². The molecule has 198 valence electrons. The number of hydrogen-bond donors (Lipinski definition) is 1. The number of H-pyrrole nitrogens is 1. The van der Waals surface area contributed by atoms with Crippen LogP contribution >= 0.6 is 11.6 Å². The van der Waals surface area contributed by atoms with Crippen LogP contribution in [-0.2, 0) is 11.3 Å². The number of anilines is 1. The molecule has 0 spiro atoms. The molecule has 2 saturated heterocycles. The van der Waals surface area contributed by atoms with E-state index in [-0.39, 0.29) is 17.7 Å². The molecule has 2 aliphatic rings. The number of nitrogens with one attached hydrogen (secondary N) is 1. The molecule has 10 heteroatoms. The molecule has 0 saturated carbocycles. The molecule has 2 aliphatic heterocycles. The number of aromatic nitrogens is 5. The van der Waals surface area contributed by atoms with E-state index in [4.69, 9.17) is 16.3 Å². The van der Waals surface area contributed by atoms with Gasteiger partial charge in [0, 0.05) is 49.1 Å². The summed E-state index contributed by atoms with van der Waals surface area (Å²) < 4.78 is 7.70. The molecule has 4 heterocycles. The second kappa shape index (κ2) is 10.5. The van der Waals surface area contributed by atoms with E-state index in [1.165, 1.54) is 5.56 Å². The maximum Gasteiger partial charge on any atom is 0.253 e. The number of aryl methyl sites for hydroxylation is 2. The highest BCUT2D eigenvalue weighted by Crippen LogP contribution is 2.31. The Kier molecular flexibility index (Phi) is 6.90. The van der Waals surface area contributed by atoms with Gasteiger partial charge in [0.1, 0.15) is 6.04 Å². The van der Waals surface area contributed by atoms with Crippen molar-refractivity contribution in [2.75, 3.05) is 37.7 Å². The molecule has 1 N–H and O–H groups in total. The number of ether oxygens (including phenoxy) is 1. The van der Waals surface area contributed by atoms with Gasteiger partial charge < -0.3 is 14.6 Å². The molecule has 4 aromatic rings. The first-order chi connectivity index (χ1) is 18.5. The lowest BCUT2D eigenvalue weighted by Gasteiger charge is -2.40. The zero-order valence-electron chi connectivity index (χ0n) is 21.7. The van der Waals surface area contributed by atoms with Crippen molar-refractivity contribution in [1.29, 1.82) is 0 Å². The third-order valence-electron chi connectivity index (χ3n) is 7.81. The van der Waals surface area contributed by atoms with Crippen LogP contribution in [0.25, 0.3) is 10.9 Å². The molecule has 2 atom stereocenters. The first kappa shape index (κ1) is 25.0. The number of tetrazole rings is 1. The van der Waals surface area contributed by atoms with Crippen LogP contribution in [0.15, 0.2) is 47.3 Å². The minimum Gasteiger partial charge on any atom is -0.376 e. The van der Waals surface area contributed by atoms with E-state index in [2.05, 4.69) is 43.3 Å². The fraction of sp³-hybridized carbons (Fsp3) is 0.429. The summed E-state index contributed by atoms with van der Waals surface area (Å²) in [4.78, 5) is 21.4. The van der Waals surface area contributed by atoms with E-state index in [1.54, 1.807) is 0 Å². The van der Waals surface area contributed by atoms with Gasteiger partial charge in [-0.1, -0.05) is 35.9 Å². The Morgan fingerprint density at radius 3 is 2.74 bits per heavy atom. The van der Waals surface area contributed by atoms with Gasteiger partial charge in [0.05, 0.1) is 18.2 Å². The first-order valence-corrected chi connectivity index (χ1v) is 13.6. The maximum absolute atomic E-state index is 13.6. The number of pyridine rings is 1. The number of aromatic amines is 1. The second-order valence-electron chi connectivity index (χ2n) is 10.3. The number of hydrogen-bond acceptors (Lipinski definition) is 7. The van der Waals surface area contributed by atoms with Gasteiger partial charge in [0.25, 0.3) is 5.56 Å². The number of benzene rings is 2. The summed E-state index contributed by atoms with van der Waals surface area (Å²) in [6.07, 6.45) is 2.11. The van der Waals surface area contributed by atoms with Crippen LogP contribution in [0.1, 0.15) is 41.4 Å². The highest BCUT2D eigenvalue weighted by molar-refractivity contribution is 6.30. The molecule has 9 nitrogen and oxygen atoms in total. The molecule has 2 fully saturated rings. The summed E-state index contributed by atoms with van der Waals surface area (Å²) in [5.41, 5.74) is 4.78. The third kappa shape index (κ3) is 4.81. The number of piperazine rings is 1. The van der Waals surface area contributed by atoms with Gasteiger partial charge in [-0.15, -0.1) is 5.10 Å². The van der Waals surface area contributed by atoms with Crippen molar-refractivity contribution >= 4 is 28.2 Å². The van der Waals surface area contributed by atoms with Crippen LogP contribution in [0.4, 0.5) is 5.69 Å². The lowest BCUT2D eigenvalue weighted by atomic mass is 10.0. The highest BCUT2D eigenvalue weighted by atomic mass is 35.5. The Labute approximate surface area is 226 Å². The normalized spacial score (nSPS) is 19.3. The number of fused-ring (bicyclic) bond motifs is 1. The molecule has 2 aromatic carbocycles. The van der Waals surface area contributed by atoms with Crippen molar-refractivity contribution in [2.45, 2.75) is 45.4 Å². The van der Waals surface area contributed by atoms with Crippen molar-refractivity contribution in [3.05, 3.63) is 80.4 Å². The Morgan fingerprint density at radius 2 is 1.95 bits per heavy atom. The molecule has 0 aliphatic carbocycles. The van der Waals surface area contributed by atoms with Gasteiger partial charge in [0.2, 0.25) is 0 Å². The largest absolute Gasteiger partial charge is 0.376 e. The summed E-state index contributed by atoms with van der Waals surface area (Å²) >= 11 is 6.32. The van der Waals surface area contributed by atoms with Gasteiger partial charge in [-0.05, 0) is 71.8 Å². The summed E-state index contributed by atoms with van der Waals surface area (Å²) in [7, 11) is 0. The van der Waals surface area contributed by atoms with Crippen molar-refractivity contribution < 1.29 is 4.74 Å². The molecular formula is C28H32ClN7O2. The number of para-hydroxylation sites is 1. The van der Waals surface area contributed by atoms with Crippen LogP contribution in [0.2, 0.25) is 5.02 Å². The highest BCUT2D eigenvalue weighted by Gasteiger charge is 2.34. The molecule has 0 amide bonds. The van der Waals surface area contributed by atoms with E-state index < -0.39 is 0 Å². The minimum absolute atomic E-state index is 0.0816. The van der Waals surface area contributed by atoms with Crippen molar-refractivity contribution in [1.82, 2.24) is 30.1 Å². The molecular weight excluding hydrogens is 502 g/mol. The predicted octanol–water partition coefficient (Wildman–Crippen LogP) is 3.88. The zero-order chi connectivity index (χ0) is 26.2. The maximum atomic E-state index is 13.6. The monoisotopic (exact) mass is 533 g/mol. The van der Waals surface area contributed by atoms with Crippen LogP contribution in [0.5, 0.6) is 0 Å². The fourth-order valence-electron chi connectivity index (χ4n) is 5.77. The SMILES string of the molecule is Cc1ccc(Cl)cc1N1CCN(C(c2cc3cccc(C)c3[nH]c2=O)c2nnnn2CC2CCCO2)CC1. The van der Waals surface area contributed by atoms with E-state index in [9.17, 15) is 4.79 Å². The smallest absolute Gasteiger partial charge is 0.253 e. The Morgan fingerprint density at radius 1 is 1.11 bits per heavy atom. The van der Waals surface area contributed by atoms with E-state index in [0.717, 1.165) is 72.8 Å². The van der Waals surface area contributed by atoms with Crippen molar-refractivity contribution in [3.8, 4) is 0 Å². The number of nitrogens with zero attached hydrogens (tertiary/aromatic N) is 6. The molecule has 2 aromatic heterocycles. The van der Waals surface area contributed by atoms with Gasteiger partial charge in [-0.25, -0.2) is 4.68 Å². The Hall–Kier alpha value is -3.27. The molecule has 6 rings (SSSR count). The van der Waals surface area contributed by atoms with Crippen molar-refractivity contribution in [3.63, 3.8) is 0 Å². The molecule has 2 unspecified atom stereocenters. The quantitative estimate of drug-likeness (QED) is 0.402. The van der Waals surface area contributed by atoms with Crippen molar-refractivity contribution in [2.24, 2.45) is 0 Å². The summed E-state index contributed by atoms with van der Waals surface area (Å²) in [6.45, 7) is 8.55.